The Hall–Kier alpha value is -2.54. The molecular formula is C20H17F3N2OS. The summed E-state index contributed by atoms with van der Waals surface area (Å²) < 4.78 is 40.5. The van der Waals surface area contributed by atoms with Gasteiger partial charge in [-0.25, -0.2) is 4.98 Å². The smallest absolute Gasteiger partial charge is 0.310 e. The molecule has 3 rings (SSSR count). The van der Waals surface area contributed by atoms with Crippen LogP contribution in [0.3, 0.4) is 0 Å². The standard InChI is InChI=1S/C20H17F3N2OS/c1-14(18(26)16-10-6-3-7-11-16)27-19-24-12-17(15-8-4-2-5-9-15)25(19)13-20(21,22)23/h2-12,14H,13H2,1H3. The first-order valence-electron chi connectivity index (χ1n) is 8.29. The van der Waals surface area contributed by atoms with Gasteiger partial charge < -0.3 is 4.57 Å². The second kappa shape index (κ2) is 8.00. The van der Waals surface area contributed by atoms with Crippen molar-refractivity contribution in [1.29, 1.82) is 0 Å². The van der Waals surface area contributed by atoms with Crippen LogP contribution in [0.15, 0.2) is 72.0 Å². The van der Waals surface area contributed by atoms with Gasteiger partial charge in [-0.05, 0) is 12.5 Å². The van der Waals surface area contributed by atoms with Gasteiger partial charge in [0.2, 0.25) is 0 Å². The van der Waals surface area contributed by atoms with Crippen molar-refractivity contribution in [2.75, 3.05) is 0 Å². The van der Waals surface area contributed by atoms with Crippen LogP contribution in [0.4, 0.5) is 13.2 Å². The minimum atomic E-state index is -4.40. The Kier molecular flexibility index (Phi) is 5.70. The Balaban J connectivity index is 1.91. The number of hydrogen-bond donors (Lipinski definition) is 0. The molecule has 140 valence electrons. The molecule has 3 nitrogen and oxygen atoms in total. The highest BCUT2D eigenvalue weighted by atomic mass is 32.2. The molecule has 1 atom stereocenters. The van der Waals surface area contributed by atoms with Crippen molar-refractivity contribution in [3.05, 3.63) is 72.4 Å². The summed E-state index contributed by atoms with van der Waals surface area (Å²) in [6.45, 7) is 0.514. The van der Waals surface area contributed by atoms with E-state index in [9.17, 15) is 18.0 Å². The lowest BCUT2D eigenvalue weighted by Gasteiger charge is -2.16. The number of halogens is 3. The summed E-state index contributed by atoms with van der Waals surface area (Å²) >= 11 is 1.03. The Labute approximate surface area is 159 Å². The van der Waals surface area contributed by atoms with Crippen LogP contribution in [-0.4, -0.2) is 26.8 Å². The van der Waals surface area contributed by atoms with Gasteiger partial charge >= 0.3 is 6.18 Å². The van der Waals surface area contributed by atoms with E-state index in [4.69, 9.17) is 0 Å². The van der Waals surface area contributed by atoms with Gasteiger partial charge in [0.1, 0.15) is 6.54 Å². The van der Waals surface area contributed by atoms with Crippen molar-refractivity contribution < 1.29 is 18.0 Å². The third-order valence-corrected chi connectivity index (χ3v) is 5.04. The Morgan fingerprint density at radius 3 is 2.26 bits per heavy atom. The second-order valence-corrected chi connectivity index (χ2v) is 7.29. The van der Waals surface area contributed by atoms with E-state index in [2.05, 4.69) is 4.98 Å². The zero-order valence-corrected chi connectivity index (χ0v) is 15.3. The van der Waals surface area contributed by atoms with Crippen LogP contribution in [0, 0.1) is 0 Å². The van der Waals surface area contributed by atoms with Crippen molar-refractivity contribution in [2.45, 2.75) is 30.1 Å². The number of aromatic nitrogens is 2. The van der Waals surface area contributed by atoms with E-state index in [1.54, 1.807) is 67.6 Å². The molecule has 3 aromatic rings. The summed E-state index contributed by atoms with van der Waals surface area (Å²) in [4.78, 5) is 16.7. The number of rotatable bonds is 6. The molecular weight excluding hydrogens is 373 g/mol. The van der Waals surface area contributed by atoms with Crippen LogP contribution in [0.1, 0.15) is 17.3 Å². The molecule has 1 unspecified atom stereocenters. The molecule has 0 amide bonds. The molecule has 7 heteroatoms. The molecule has 0 aliphatic rings. The first kappa shape index (κ1) is 19.2. The number of thioether (sulfide) groups is 1. The zero-order chi connectivity index (χ0) is 19.4. The maximum atomic E-state index is 13.1. The van der Waals surface area contributed by atoms with Gasteiger partial charge in [-0.3, -0.25) is 4.79 Å². The van der Waals surface area contributed by atoms with Gasteiger partial charge in [-0.1, -0.05) is 72.4 Å². The molecule has 1 heterocycles. The number of Topliss-reactive ketones (excluding diaryl/α,β-unsaturated/α-hetero) is 1. The number of carbonyl (C=O) groups excluding carboxylic acids is 1. The van der Waals surface area contributed by atoms with Crippen molar-refractivity contribution in [3.63, 3.8) is 0 Å². The molecule has 0 fully saturated rings. The highest BCUT2D eigenvalue weighted by Crippen LogP contribution is 2.32. The highest BCUT2D eigenvalue weighted by Gasteiger charge is 2.31. The molecule has 0 aliphatic heterocycles. The number of carbonyl (C=O) groups is 1. The molecule has 27 heavy (non-hydrogen) atoms. The van der Waals surface area contributed by atoms with Crippen molar-refractivity contribution in [3.8, 4) is 11.3 Å². The van der Waals surface area contributed by atoms with Crippen molar-refractivity contribution in [2.24, 2.45) is 0 Å². The van der Waals surface area contributed by atoms with E-state index in [0.29, 0.717) is 16.8 Å². The summed E-state index contributed by atoms with van der Waals surface area (Å²) in [7, 11) is 0. The Bertz CT molecular complexity index is 908. The molecule has 0 aliphatic carbocycles. The first-order chi connectivity index (χ1) is 12.8. The summed E-state index contributed by atoms with van der Waals surface area (Å²) in [5, 5.41) is -0.395. The fourth-order valence-corrected chi connectivity index (χ4v) is 3.64. The largest absolute Gasteiger partial charge is 0.406 e. The number of ketones is 1. The van der Waals surface area contributed by atoms with Crippen LogP contribution in [0.25, 0.3) is 11.3 Å². The molecule has 0 spiro atoms. The van der Waals surface area contributed by atoms with E-state index in [1.165, 1.54) is 6.20 Å². The summed E-state index contributed by atoms with van der Waals surface area (Å²) in [6, 6.07) is 17.5. The number of alkyl halides is 3. The molecule has 1 aromatic heterocycles. The third-order valence-electron chi connectivity index (χ3n) is 3.94. The summed E-state index contributed by atoms with van der Waals surface area (Å²) in [5.74, 6) is -0.150. The lowest BCUT2D eigenvalue weighted by Crippen LogP contribution is -2.20. The predicted molar refractivity (Wildman–Crippen MR) is 99.8 cm³/mol. The van der Waals surface area contributed by atoms with Gasteiger partial charge in [0.25, 0.3) is 0 Å². The maximum Gasteiger partial charge on any atom is 0.406 e. The fourth-order valence-electron chi connectivity index (χ4n) is 2.67. The monoisotopic (exact) mass is 390 g/mol. The van der Waals surface area contributed by atoms with Gasteiger partial charge in [-0.15, -0.1) is 0 Å². The molecule has 0 N–H and O–H groups in total. The lowest BCUT2D eigenvalue weighted by atomic mass is 10.1. The highest BCUT2D eigenvalue weighted by molar-refractivity contribution is 8.00. The quantitative estimate of drug-likeness (QED) is 0.413. The van der Waals surface area contributed by atoms with E-state index >= 15 is 0 Å². The van der Waals surface area contributed by atoms with Crippen LogP contribution in [-0.2, 0) is 6.54 Å². The maximum absolute atomic E-state index is 13.1. The molecule has 0 saturated heterocycles. The SMILES string of the molecule is CC(Sc1ncc(-c2ccccc2)n1CC(F)(F)F)C(=O)c1ccccc1. The van der Waals surface area contributed by atoms with Crippen molar-refractivity contribution >= 4 is 17.5 Å². The van der Waals surface area contributed by atoms with E-state index in [1.807, 2.05) is 0 Å². The van der Waals surface area contributed by atoms with Gasteiger partial charge in [0.15, 0.2) is 10.9 Å². The van der Waals surface area contributed by atoms with E-state index in [-0.39, 0.29) is 10.9 Å². The molecule has 0 bridgehead atoms. The molecule has 0 saturated carbocycles. The predicted octanol–water partition coefficient (Wildman–Crippen LogP) is 5.48. The van der Waals surface area contributed by atoms with Crippen molar-refractivity contribution in [1.82, 2.24) is 9.55 Å². The van der Waals surface area contributed by atoms with Crippen LogP contribution < -0.4 is 0 Å². The minimum Gasteiger partial charge on any atom is -0.310 e. The van der Waals surface area contributed by atoms with E-state index < -0.39 is 18.0 Å². The van der Waals surface area contributed by atoms with Crippen LogP contribution >= 0.6 is 11.8 Å². The number of hydrogen-bond acceptors (Lipinski definition) is 3. The average Bonchev–Trinajstić information content (AvgIpc) is 3.03. The van der Waals surface area contributed by atoms with E-state index in [0.717, 1.165) is 16.3 Å². The van der Waals surface area contributed by atoms with Crippen LogP contribution in [0.2, 0.25) is 0 Å². The number of benzene rings is 2. The summed E-state index contributed by atoms with van der Waals surface area (Å²) in [5.41, 5.74) is 1.53. The lowest BCUT2D eigenvalue weighted by molar-refractivity contribution is -0.141. The Morgan fingerprint density at radius 2 is 1.67 bits per heavy atom. The third kappa shape index (κ3) is 4.80. The van der Waals surface area contributed by atoms with Gasteiger partial charge in [-0.2, -0.15) is 13.2 Å². The topological polar surface area (TPSA) is 34.9 Å². The summed E-state index contributed by atoms with van der Waals surface area (Å²) in [6.07, 6.45) is -2.98. The molecule has 2 aromatic carbocycles. The zero-order valence-electron chi connectivity index (χ0n) is 14.5. The van der Waals surface area contributed by atoms with Gasteiger partial charge in [0, 0.05) is 5.56 Å². The Morgan fingerprint density at radius 1 is 1.07 bits per heavy atom. The average molecular weight is 390 g/mol. The minimum absolute atomic E-state index is 0.150. The normalized spacial score (nSPS) is 12.7. The fraction of sp³-hybridized carbons (Fsp3) is 0.200. The first-order valence-corrected chi connectivity index (χ1v) is 9.17. The molecule has 0 radical (unpaired) electrons. The second-order valence-electron chi connectivity index (χ2n) is 5.98. The van der Waals surface area contributed by atoms with Crippen LogP contribution in [0.5, 0.6) is 0 Å². The number of nitrogens with zero attached hydrogens (tertiary/aromatic N) is 2. The van der Waals surface area contributed by atoms with Gasteiger partial charge in [0.05, 0.1) is 17.1 Å². The number of imidazole rings is 1.